The highest BCUT2D eigenvalue weighted by atomic mass is 16.6. The molecule has 7 nitrogen and oxygen atoms in total. The van der Waals surface area contributed by atoms with E-state index in [1.807, 2.05) is 32.9 Å². The zero-order valence-corrected chi connectivity index (χ0v) is 13.8. The SMILES string of the molecule is CC(C)(C)OC(=O)N1CCC(c2cc(N)n3nccc3n2)CC1. The highest BCUT2D eigenvalue weighted by Gasteiger charge is 2.28. The average molecular weight is 317 g/mol. The molecule has 3 heterocycles. The molecule has 0 radical (unpaired) electrons. The molecule has 7 heteroatoms. The number of aromatic nitrogens is 3. The first-order valence-corrected chi connectivity index (χ1v) is 7.91. The molecule has 2 aromatic rings. The van der Waals surface area contributed by atoms with Gasteiger partial charge in [0.1, 0.15) is 11.4 Å². The Morgan fingerprint density at radius 1 is 1.35 bits per heavy atom. The lowest BCUT2D eigenvalue weighted by molar-refractivity contribution is 0.0204. The third-order valence-electron chi connectivity index (χ3n) is 3.97. The largest absolute Gasteiger partial charge is 0.444 e. The van der Waals surface area contributed by atoms with Gasteiger partial charge in [-0.05, 0) is 33.6 Å². The molecule has 124 valence electrons. The maximum atomic E-state index is 12.1. The number of rotatable bonds is 1. The molecule has 1 amide bonds. The van der Waals surface area contributed by atoms with Crippen molar-refractivity contribution in [2.24, 2.45) is 0 Å². The van der Waals surface area contributed by atoms with Gasteiger partial charge in [0.15, 0.2) is 5.65 Å². The molecular formula is C16H23N5O2. The summed E-state index contributed by atoms with van der Waals surface area (Å²) in [6.45, 7) is 6.98. The number of likely N-dealkylation sites (tertiary alicyclic amines) is 1. The highest BCUT2D eigenvalue weighted by molar-refractivity contribution is 5.68. The second kappa shape index (κ2) is 5.72. The Bertz CT molecular complexity index is 711. The van der Waals surface area contributed by atoms with Crippen molar-refractivity contribution in [3.05, 3.63) is 24.0 Å². The van der Waals surface area contributed by atoms with Crippen molar-refractivity contribution >= 4 is 17.6 Å². The van der Waals surface area contributed by atoms with E-state index in [2.05, 4.69) is 10.1 Å². The molecule has 0 unspecified atom stereocenters. The summed E-state index contributed by atoms with van der Waals surface area (Å²) in [6, 6.07) is 3.73. The Balaban J connectivity index is 1.67. The van der Waals surface area contributed by atoms with Gasteiger partial charge >= 0.3 is 6.09 Å². The second-order valence-corrected chi connectivity index (χ2v) is 6.95. The van der Waals surface area contributed by atoms with Gasteiger partial charge in [0, 0.05) is 36.8 Å². The van der Waals surface area contributed by atoms with Crippen molar-refractivity contribution in [2.45, 2.75) is 45.1 Å². The molecule has 1 aliphatic heterocycles. The third-order valence-corrected chi connectivity index (χ3v) is 3.97. The Hall–Kier alpha value is -2.31. The first kappa shape index (κ1) is 15.6. The smallest absolute Gasteiger partial charge is 0.410 e. The summed E-state index contributed by atoms with van der Waals surface area (Å²) in [5.41, 5.74) is 7.30. The van der Waals surface area contributed by atoms with E-state index >= 15 is 0 Å². The van der Waals surface area contributed by atoms with E-state index < -0.39 is 5.60 Å². The number of piperidine rings is 1. The first-order chi connectivity index (χ1) is 10.8. The summed E-state index contributed by atoms with van der Waals surface area (Å²) in [5.74, 6) is 0.889. The lowest BCUT2D eigenvalue weighted by atomic mass is 9.93. The normalized spacial score (nSPS) is 16.7. The minimum Gasteiger partial charge on any atom is -0.444 e. The topological polar surface area (TPSA) is 85.8 Å². The number of hydrogen-bond acceptors (Lipinski definition) is 5. The molecule has 3 rings (SSSR count). The standard InChI is InChI=1S/C16H23N5O2/c1-16(2,3)23-15(22)20-8-5-11(6-9-20)12-10-13(17)21-14(19-12)4-7-18-21/h4,7,10-11H,5-6,8-9,17H2,1-3H3. The molecule has 0 atom stereocenters. The molecule has 2 aromatic heterocycles. The van der Waals surface area contributed by atoms with Gasteiger partial charge < -0.3 is 15.4 Å². The fourth-order valence-electron chi connectivity index (χ4n) is 2.85. The number of hydrogen-bond donors (Lipinski definition) is 1. The van der Waals surface area contributed by atoms with E-state index in [-0.39, 0.29) is 6.09 Å². The zero-order chi connectivity index (χ0) is 16.6. The molecule has 1 saturated heterocycles. The zero-order valence-electron chi connectivity index (χ0n) is 13.8. The quantitative estimate of drug-likeness (QED) is 0.873. The maximum absolute atomic E-state index is 12.1. The number of fused-ring (bicyclic) bond motifs is 1. The number of nitrogens with two attached hydrogens (primary N) is 1. The summed E-state index contributed by atoms with van der Waals surface area (Å²) in [4.78, 5) is 18.5. The lowest BCUT2D eigenvalue weighted by Gasteiger charge is -2.33. The van der Waals surface area contributed by atoms with Crippen molar-refractivity contribution < 1.29 is 9.53 Å². The van der Waals surface area contributed by atoms with E-state index in [1.165, 1.54) is 0 Å². The van der Waals surface area contributed by atoms with Gasteiger partial charge in [-0.25, -0.2) is 9.78 Å². The molecule has 0 spiro atoms. The van der Waals surface area contributed by atoms with Crippen LogP contribution < -0.4 is 5.73 Å². The van der Waals surface area contributed by atoms with Crippen LogP contribution in [0.2, 0.25) is 0 Å². The van der Waals surface area contributed by atoms with Crippen LogP contribution in [0.5, 0.6) is 0 Å². The average Bonchev–Trinajstić information content (AvgIpc) is 2.94. The van der Waals surface area contributed by atoms with Gasteiger partial charge in [-0.15, -0.1) is 0 Å². The van der Waals surface area contributed by atoms with Gasteiger partial charge in [-0.2, -0.15) is 9.61 Å². The predicted molar refractivity (Wildman–Crippen MR) is 87.2 cm³/mol. The van der Waals surface area contributed by atoms with Crippen LogP contribution in [0.25, 0.3) is 5.65 Å². The highest BCUT2D eigenvalue weighted by Crippen LogP contribution is 2.29. The molecule has 0 aromatic carbocycles. The van der Waals surface area contributed by atoms with Gasteiger partial charge in [0.25, 0.3) is 0 Å². The predicted octanol–water partition coefficient (Wildman–Crippen LogP) is 2.43. The van der Waals surface area contributed by atoms with E-state index in [0.29, 0.717) is 24.8 Å². The van der Waals surface area contributed by atoms with Crippen LogP contribution in [0.1, 0.15) is 45.2 Å². The van der Waals surface area contributed by atoms with Crippen LogP contribution in [-0.2, 0) is 4.74 Å². The fraction of sp³-hybridized carbons (Fsp3) is 0.562. The van der Waals surface area contributed by atoms with Crippen LogP contribution in [0, 0.1) is 0 Å². The Labute approximate surface area is 135 Å². The Morgan fingerprint density at radius 2 is 2.04 bits per heavy atom. The molecular weight excluding hydrogens is 294 g/mol. The van der Waals surface area contributed by atoms with Crippen molar-refractivity contribution in [1.82, 2.24) is 19.5 Å². The number of anilines is 1. The number of nitrogen functional groups attached to an aromatic ring is 1. The van der Waals surface area contributed by atoms with Crippen LogP contribution in [0.15, 0.2) is 18.3 Å². The molecule has 23 heavy (non-hydrogen) atoms. The Kier molecular flexibility index (Phi) is 3.87. The number of carbonyl (C=O) groups excluding carboxylic acids is 1. The number of carbonyl (C=O) groups is 1. The summed E-state index contributed by atoms with van der Waals surface area (Å²) >= 11 is 0. The van der Waals surface area contributed by atoms with Crippen LogP contribution in [0.3, 0.4) is 0 Å². The van der Waals surface area contributed by atoms with E-state index in [9.17, 15) is 4.79 Å². The van der Waals surface area contributed by atoms with E-state index in [0.717, 1.165) is 24.2 Å². The first-order valence-electron chi connectivity index (χ1n) is 7.91. The summed E-state index contributed by atoms with van der Waals surface area (Å²) in [5, 5.41) is 4.13. The van der Waals surface area contributed by atoms with Crippen molar-refractivity contribution in [2.75, 3.05) is 18.8 Å². The van der Waals surface area contributed by atoms with Crippen molar-refractivity contribution in [3.63, 3.8) is 0 Å². The van der Waals surface area contributed by atoms with E-state index in [4.69, 9.17) is 10.5 Å². The van der Waals surface area contributed by atoms with Crippen LogP contribution in [-0.4, -0.2) is 44.3 Å². The summed E-state index contributed by atoms with van der Waals surface area (Å²) < 4.78 is 7.05. The summed E-state index contributed by atoms with van der Waals surface area (Å²) in [6.07, 6.45) is 3.16. The lowest BCUT2D eigenvalue weighted by Crippen LogP contribution is -2.41. The van der Waals surface area contributed by atoms with Crippen molar-refractivity contribution in [3.8, 4) is 0 Å². The van der Waals surface area contributed by atoms with Gasteiger partial charge in [-0.3, -0.25) is 0 Å². The number of nitrogens with zero attached hydrogens (tertiary/aromatic N) is 4. The number of amides is 1. The molecule has 1 fully saturated rings. The minimum atomic E-state index is -0.461. The monoisotopic (exact) mass is 317 g/mol. The summed E-state index contributed by atoms with van der Waals surface area (Å²) in [7, 11) is 0. The van der Waals surface area contributed by atoms with E-state index in [1.54, 1.807) is 15.6 Å². The van der Waals surface area contributed by atoms with Crippen LogP contribution in [0.4, 0.5) is 10.6 Å². The molecule has 0 aliphatic carbocycles. The number of ether oxygens (including phenoxy) is 1. The fourth-order valence-corrected chi connectivity index (χ4v) is 2.85. The van der Waals surface area contributed by atoms with Crippen molar-refractivity contribution in [1.29, 1.82) is 0 Å². The van der Waals surface area contributed by atoms with Gasteiger partial charge in [0.05, 0.1) is 6.20 Å². The third kappa shape index (κ3) is 3.38. The van der Waals surface area contributed by atoms with Gasteiger partial charge in [0.2, 0.25) is 0 Å². The maximum Gasteiger partial charge on any atom is 0.410 e. The molecule has 0 saturated carbocycles. The molecule has 1 aliphatic rings. The second-order valence-electron chi connectivity index (χ2n) is 6.95. The Morgan fingerprint density at radius 3 is 2.70 bits per heavy atom. The molecule has 2 N–H and O–H groups in total. The van der Waals surface area contributed by atoms with Crippen LogP contribution >= 0.6 is 0 Å². The minimum absolute atomic E-state index is 0.241. The molecule has 0 bridgehead atoms. The van der Waals surface area contributed by atoms with Gasteiger partial charge in [-0.1, -0.05) is 0 Å².